The normalized spacial score (nSPS) is 17.1. The van der Waals surface area contributed by atoms with E-state index in [1.54, 1.807) is 36.7 Å². The molecule has 4 rings (SSSR count). The number of hydrogen-bond donors (Lipinski definition) is 1. The number of nitrogens with one attached hydrogen (secondary N) is 1. The Morgan fingerprint density at radius 1 is 1.26 bits per heavy atom. The molecule has 1 aliphatic rings. The summed E-state index contributed by atoms with van der Waals surface area (Å²) in [6, 6.07) is 12.7. The van der Waals surface area contributed by atoms with Crippen molar-refractivity contribution in [3.8, 4) is 10.4 Å². The van der Waals surface area contributed by atoms with Gasteiger partial charge in [-0.25, -0.2) is 14.8 Å². The Morgan fingerprint density at radius 2 is 2.07 bits per heavy atom. The first-order valence-corrected chi connectivity index (χ1v) is 9.96. The van der Waals surface area contributed by atoms with Gasteiger partial charge in [-0.15, -0.1) is 11.3 Å². The molecule has 0 saturated carbocycles. The van der Waals surface area contributed by atoms with E-state index < -0.39 is 0 Å². The van der Waals surface area contributed by atoms with Crippen LogP contribution >= 0.6 is 11.3 Å². The first kappa shape index (κ1) is 17.7. The van der Waals surface area contributed by atoms with E-state index >= 15 is 0 Å². The molecule has 0 aliphatic carbocycles. The number of amides is 2. The van der Waals surface area contributed by atoms with Crippen LogP contribution in [0, 0.1) is 0 Å². The van der Waals surface area contributed by atoms with E-state index in [0.717, 1.165) is 35.4 Å². The average Bonchev–Trinajstić information content (AvgIpc) is 3.14. The number of thiophene rings is 1. The molecule has 6 nitrogen and oxygen atoms in total. The number of urea groups is 1. The van der Waals surface area contributed by atoms with Crippen LogP contribution in [0.15, 0.2) is 42.7 Å². The maximum absolute atomic E-state index is 12.3. The smallest absolute Gasteiger partial charge is 0.319 e. The van der Waals surface area contributed by atoms with Crippen LogP contribution < -0.4 is 5.32 Å². The van der Waals surface area contributed by atoms with Crippen LogP contribution in [0.5, 0.6) is 0 Å². The third kappa shape index (κ3) is 3.73. The van der Waals surface area contributed by atoms with Crippen LogP contribution in [0.2, 0.25) is 0 Å². The highest BCUT2D eigenvalue weighted by atomic mass is 32.1. The van der Waals surface area contributed by atoms with Crippen LogP contribution in [0.3, 0.4) is 0 Å². The van der Waals surface area contributed by atoms with Gasteiger partial charge in [0.05, 0.1) is 5.39 Å². The molecule has 1 aromatic carbocycles. The zero-order chi connectivity index (χ0) is 18.8. The summed E-state index contributed by atoms with van der Waals surface area (Å²) in [6.45, 7) is 1.50. The van der Waals surface area contributed by atoms with Gasteiger partial charge in [0.2, 0.25) is 0 Å². The highest BCUT2D eigenvalue weighted by molar-refractivity contribution is 7.21. The minimum Gasteiger partial charge on any atom is -0.365 e. The van der Waals surface area contributed by atoms with Gasteiger partial charge in [0.15, 0.2) is 0 Å². The Hall–Kier alpha value is -2.67. The molecule has 2 amide bonds. The quantitative estimate of drug-likeness (QED) is 0.747. The molecule has 1 fully saturated rings. The number of carbonyl (C=O) groups is 1. The minimum absolute atomic E-state index is 0.0660. The average molecular weight is 382 g/mol. The molecule has 3 aromatic rings. The van der Waals surface area contributed by atoms with Crippen molar-refractivity contribution in [2.75, 3.05) is 32.5 Å². The molecule has 7 heteroatoms. The first-order chi connectivity index (χ1) is 13.1. The fourth-order valence-electron chi connectivity index (χ4n) is 3.46. The number of aromatic nitrogens is 2. The predicted molar refractivity (Wildman–Crippen MR) is 110 cm³/mol. The van der Waals surface area contributed by atoms with Gasteiger partial charge in [0.25, 0.3) is 0 Å². The fourth-order valence-corrected chi connectivity index (χ4v) is 4.46. The summed E-state index contributed by atoms with van der Waals surface area (Å²) in [7, 11) is 3.59. The molecule has 1 aliphatic heterocycles. The van der Waals surface area contributed by atoms with E-state index in [0.29, 0.717) is 6.54 Å². The van der Waals surface area contributed by atoms with Gasteiger partial charge in [-0.2, -0.15) is 0 Å². The number of benzene rings is 1. The van der Waals surface area contributed by atoms with E-state index in [4.69, 9.17) is 0 Å². The van der Waals surface area contributed by atoms with Gasteiger partial charge in [0, 0.05) is 38.1 Å². The van der Waals surface area contributed by atoms with Gasteiger partial charge >= 0.3 is 6.03 Å². The number of hydrogen-bond acceptors (Lipinski definition) is 5. The number of anilines is 1. The molecular weight excluding hydrogens is 358 g/mol. The Balaban J connectivity index is 1.57. The first-order valence-electron chi connectivity index (χ1n) is 9.14. The summed E-state index contributed by atoms with van der Waals surface area (Å²) >= 11 is 1.67. The molecule has 1 unspecified atom stereocenters. The van der Waals surface area contributed by atoms with Crippen LogP contribution in [0.25, 0.3) is 20.7 Å². The van der Waals surface area contributed by atoms with Crippen molar-refractivity contribution in [3.05, 3.63) is 42.7 Å². The van der Waals surface area contributed by atoms with Gasteiger partial charge in [-0.05, 0) is 24.5 Å². The van der Waals surface area contributed by atoms with E-state index in [1.807, 2.05) is 23.1 Å². The molecule has 0 radical (unpaired) electrons. The number of fused-ring (bicyclic) bond motifs is 1. The third-order valence-corrected chi connectivity index (χ3v) is 5.90. The highest BCUT2D eigenvalue weighted by Crippen LogP contribution is 2.35. The zero-order valence-corrected chi connectivity index (χ0v) is 16.4. The second-order valence-corrected chi connectivity index (χ2v) is 8.05. The summed E-state index contributed by atoms with van der Waals surface area (Å²) in [6.07, 6.45) is 3.63. The molecular formula is C20H23N5OS. The number of likely N-dealkylation sites (tertiary alicyclic amines) is 1. The lowest BCUT2D eigenvalue weighted by molar-refractivity contribution is 0.157. The van der Waals surface area contributed by atoms with Crippen molar-refractivity contribution in [2.24, 2.45) is 0 Å². The van der Waals surface area contributed by atoms with Crippen molar-refractivity contribution >= 4 is 33.4 Å². The molecule has 1 N–H and O–H groups in total. The Morgan fingerprint density at radius 3 is 2.85 bits per heavy atom. The lowest BCUT2D eigenvalue weighted by Gasteiger charge is -2.34. The van der Waals surface area contributed by atoms with E-state index in [2.05, 4.69) is 33.5 Å². The maximum atomic E-state index is 12.3. The van der Waals surface area contributed by atoms with Crippen molar-refractivity contribution in [3.63, 3.8) is 0 Å². The van der Waals surface area contributed by atoms with Crippen molar-refractivity contribution in [1.29, 1.82) is 0 Å². The van der Waals surface area contributed by atoms with Gasteiger partial charge in [-0.3, -0.25) is 0 Å². The summed E-state index contributed by atoms with van der Waals surface area (Å²) < 4.78 is 0. The fraction of sp³-hybridized carbons (Fsp3) is 0.350. The van der Waals surface area contributed by atoms with Gasteiger partial charge in [0.1, 0.15) is 17.0 Å². The molecule has 140 valence electrons. The second kappa shape index (κ2) is 7.52. The van der Waals surface area contributed by atoms with Gasteiger partial charge in [-0.1, -0.05) is 30.3 Å². The van der Waals surface area contributed by atoms with Gasteiger partial charge < -0.3 is 15.1 Å². The third-order valence-electron chi connectivity index (χ3n) is 4.80. The largest absolute Gasteiger partial charge is 0.365 e. The monoisotopic (exact) mass is 381 g/mol. The van der Waals surface area contributed by atoms with Crippen molar-refractivity contribution in [1.82, 2.24) is 19.8 Å². The maximum Gasteiger partial charge on any atom is 0.319 e. The molecule has 0 spiro atoms. The topological polar surface area (TPSA) is 61.4 Å². The van der Waals surface area contributed by atoms with Crippen LogP contribution in [0.1, 0.15) is 12.8 Å². The van der Waals surface area contributed by atoms with Crippen LogP contribution in [-0.2, 0) is 0 Å². The summed E-state index contributed by atoms with van der Waals surface area (Å²) in [5.74, 6) is 0.850. The molecule has 0 bridgehead atoms. The zero-order valence-electron chi connectivity index (χ0n) is 15.6. The Bertz CT molecular complexity index is 940. The molecule has 1 saturated heterocycles. The van der Waals surface area contributed by atoms with Crippen LogP contribution in [-0.4, -0.2) is 59.0 Å². The highest BCUT2D eigenvalue weighted by Gasteiger charge is 2.25. The summed E-state index contributed by atoms with van der Waals surface area (Å²) in [5, 5.41) is 4.59. The number of nitrogens with zero attached hydrogens (tertiary/aromatic N) is 4. The summed E-state index contributed by atoms with van der Waals surface area (Å²) in [4.78, 5) is 26.9. The predicted octanol–water partition coefficient (Wildman–Crippen LogP) is 3.92. The van der Waals surface area contributed by atoms with Crippen molar-refractivity contribution in [2.45, 2.75) is 18.9 Å². The standard InChI is InChI=1S/C20H23N5OS/c1-24(2)20(26)25-10-6-9-15(12-25)23-18-16-11-17(14-7-4-3-5-8-14)27-19(16)22-13-21-18/h3-5,7-8,11,13,15H,6,9-10,12H2,1-2H3,(H,21,22,23). The Kier molecular flexibility index (Phi) is 4.94. The second-order valence-electron chi connectivity index (χ2n) is 7.02. The summed E-state index contributed by atoms with van der Waals surface area (Å²) in [5.41, 5.74) is 1.19. The molecule has 1 atom stereocenters. The number of piperidine rings is 1. The number of rotatable bonds is 3. The molecule has 2 aromatic heterocycles. The Labute approximate surface area is 162 Å². The SMILES string of the molecule is CN(C)C(=O)N1CCCC(Nc2ncnc3sc(-c4ccccc4)cc23)C1. The van der Waals surface area contributed by atoms with E-state index in [-0.39, 0.29) is 12.1 Å². The van der Waals surface area contributed by atoms with Crippen LogP contribution in [0.4, 0.5) is 10.6 Å². The lowest BCUT2D eigenvalue weighted by Crippen LogP contribution is -2.48. The molecule has 27 heavy (non-hydrogen) atoms. The van der Waals surface area contributed by atoms with E-state index in [1.165, 1.54) is 10.4 Å². The number of carbonyl (C=O) groups excluding carboxylic acids is 1. The minimum atomic E-state index is 0.0660. The molecule has 3 heterocycles. The van der Waals surface area contributed by atoms with Crippen molar-refractivity contribution < 1.29 is 4.79 Å². The van der Waals surface area contributed by atoms with E-state index in [9.17, 15) is 4.79 Å². The lowest BCUT2D eigenvalue weighted by atomic mass is 10.1.